The topological polar surface area (TPSA) is 106 Å². The van der Waals surface area contributed by atoms with Gasteiger partial charge in [0.2, 0.25) is 10.0 Å². The molecule has 4 N–H and O–H groups in total. The van der Waals surface area contributed by atoms with Gasteiger partial charge in [0.25, 0.3) is 0 Å². The molecule has 0 radical (unpaired) electrons. The van der Waals surface area contributed by atoms with E-state index in [9.17, 15) is 8.42 Å². The Morgan fingerprint density at radius 2 is 2.15 bits per heavy atom. The summed E-state index contributed by atoms with van der Waals surface area (Å²) in [6.07, 6.45) is 3.66. The molecule has 114 valence electrons. The van der Waals surface area contributed by atoms with Gasteiger partial charge in [-0.25, -0.2) is 13.1 Å². The lowest BCUT2D eigenvalue weighted by Crippen LogP contribution is -2.29. The second kappa shape index (κ2) is 8.15. The highest BCUT2D eigenvalue weighted by Crippen LogP contribution is 2.17. The highest BCUT2D eigenvalue weighted by molar-refractivity contribution is 7.89. The SMILES string of the molecule is CC(C)CCOCCNS(=O)(=O)c1cnccc1NN. The second-order valence-corrected chi connectivity index (χ2v) is 6.44. The van der Waals surface area contributed by atoms with Crippen LogP contribution in [0.4, 0.5) is 5.69 Å². The number of nitrogen functional groups attached to an aromatic ring is 1. The van der Waals surface area contributed by atoms with Crippen LogP contribution in [0.1, 0.15) is 20.3 Å². The number of pyridine rings is 1. The van der Waals surface area contributed by atoms with Crippen LogP contribution in [-0.2, 0) is 14.8 Å². The molecule has 1 aromatic rings. The molecular formula is C12H22N4O3S. The fourth-order valence-corrected chi connectivity index (χ4v) is 2.58. The summed E-state index contributed by atoms with van der Waals surface area (Å²) in [5, 5.41) is 0. The summed E-state index contributed by atoms with van der Waals surface area (Å²) >= 11 is 0. The van der Waals surface area contributed by atoms with Gasteiger partial charge in [-0.2, -0.15) is 0 Å². The Kier molecular flexibility index (Phi) is 6.86. The number of anilines is 1. The quantitative estimate of drug-likeness (QED) is 0.352. The van der Waals surface area contributed by atoms with Gasteiger partial charge < -0.3 is 10.2 Å². The average Bonchev–Trinajstić information content (AvgIpc) is 2.42. The van der Waals surface area contributed by atoms with E-state index in [0.717, 1.165) is 6.42 Å². The summed E-state index contributed by atoms with van der Waals surface area (Å²) < 4.78 is 31.9. The maximum Gasteiger partial charge on any atom is 0.244 e. The van der Waals surface area contributed by atoms with Crippen molar-refractivity contribution in [2.75, 3.05) is 25.2 Å². The summed E-state index contributed by atoms with van der Waals surface area (Å²) in [5.74, 6) is 5.85. The molecule has 0 bridgehead atoms. The summed E-state index contributed by atoms with van der Waals surface area (Å²) in [5.41, 5.74) is 2.63. The first kappa shape index (κ1) is 16.8. The Bertz CT molecular complexity index is 505. The van der Waals surface area contributed by atoms with E-state index < -0.39 is 10.0 Å². The van der Waals surface area contributed by atoms with Gasteiger partial charge in [-0.05, 0) is 18.4 Å². The van der Waals surface area contributed by atoms with Crippen molar-refractivity contribution in [2.45, 2.75) is 25.2 Å². The largest absolute Gasteiger partial charge is 0.380 e. The van der Waals surface area contributed by atoms with Crippen molar-refractivity contribution in [1.29, 1.82) is 0 Å². The molecule has 20 heavy (non-hydrogen) atoms. The van der Waals surface area contributed by atoms with Crippen LogP contribution in [0.3, 0.4) is 0 Å². The summed E-state index contributed by atoms with van der Waals surface area (Å²) in [4.78, 5) is 3.81. The van der Waals surface area contributed by atoms with E-state index in [2.05, 4.69) is 29.0 Å². The molecule has 0 amide bonds. The molecule has 0 saturated carbocycles. The minimum Gasteiger partial charge on any atom is -0.380 e. The Morgan fingerprint density at radius 3 is 2.80 bits per heavy atom. The number of hydrazine groups is 1. The lowest BCUT2D eigenvalue weighted by Gasteiger charge is -2.11. The monoisotopic (exact) mass is 302 g/mol. The van der Waals surface area contributed by atoms with Crippen LogP contribution in [0, 0.1) is 5.92 Å². The molecule has 0 spiro atoms. The van der Waals surface area contributed by atoms with Gasteiger partial charge >= 0.3 is 0 Å². The van der Waals surface area contributed by atoms with Crippen molar-refractivity contribution in [3.05, 3.63) is 18.5 Å². The Hall–Kier alpha value is -1.22. The number of sulfonamides is 1. The van der Waals surface area contributed by atoms with Crippen LogP contribution in [0.25, 0.3) is 0 Å². The zero-order chi connectivity index (χ0) is 15.0. The molecule has 1 heterocycles. The highest BCUT2D eigenvalue weighted by atomic mass is 32.2. The molecule has 8 heteroatoms. The van der Waals surface area contributed by atoms with Gasteiger partial charge in [-0.3, -0.25) is 10.8 Å². The van der Waals surface area contributed by atoms with Gasteiger partial charge in [0.15, 0.2) is 0 Å². The first-order valence-corrected chi connectivity index (χ1v) is 7.93. The average molecular weight is 302 g/mol. The molecule has 1 rings (SSSR count). The number of rotatable bonds is 9. The van der Waals surface area contributed by atoms with Crippen molar-refractivity contribution in [1.82, 2.24) is 9.71 Å². The molecule has 0 atom stereocenters. The van der Waals surface area contributed by atoms with Crippen molar-refractivity contribution in [2.24, 2.45) is 11.8 Å². The van der Waals surface area contributed by atoms with E-state index in [1.165, 1.54) is 18.5 Å². The van der Waals surface area contributed by atoms with Crippen LogP contribution < -0.4 is 16.0 Å². The van der Waals surface area contributed by atoms with Gasteiger partial charge in [-0.15, -0.1) is 0 Å². The number of nitrogens with zero attached hydrogens (tertiary/aromatic N) is 1. The first-order valence-electron chi connectivity index (χ1n) is 6.45. The zero-order valence-electron chi connectivity index (χ0n) is 11.8. The Labute approximate surface area is 119 Å². The number of hydrogen-bond donors (Lipinski definition) is 3. The van der Waals surface area contributed by atoms with Crippen molar-refractivity contribution in [3.8, 4) is 0 Å². The van der Waals surface area contributed by atoms with E-state index in [1.54, 1.807) is 0 Å². The molecule has 7 nitrogen and oxygen atoms in total. The van der Waals surface area contributed by atoms with Gasteiger partial charge in [-0.1, -0.05) is 13.8 Å². The molecule has 0 aromatic carbocycles. The summed E-state index contributed by atoms with van der Waals surface area (Å²) in [7, 11) is -3.64. The zero-order valence-corrected chi connectivity index (χ0v) is 12.6. The van der Waals surface area contributed by atoms with Crippen molar-refractivity contribution < 1.29 is 13.2 Å². The number of aromatic nitrogens is 1. The van der Waals surface area contributed by atoms with Gasteiger partial charge in [0, 0.05) is 25.5 Å². The van der Waals surface area contributed by atoms with E-state index in [-0.39, 0.29) is 11.4 Å². The number of hydrogen-bond acceptors (Lipinski definition) is 6. The molecular weight excluding hydrogens is 280 g/mol. The van der Waals surface area contributed by atoms with E-state index in [1.807, 2.05) is 0 Å². The number of nitrogens with one attached hydrogen (secondary N) is 2. The summed E-state index contributed by atoms with van der Waals surface area (Å²) in [6.45, 7) is 5.38. The second-order valence-electron chi connectivity index (χ2n) is 4.71. The maximum atomic E-state index is 12.1. The van der Waals surface area contributed by atoms with Crippen molar-refractivity contribution in [3.63, 3.8) is 0 Å². The van der Waals surface area contributed by atoms with Crippen molar-refractivity contribution >= 4 is 15.7 Å². The van der Waals surface area contributed by atoms with E-state index >= 15 is 0 Å². The lowest BCUT2D eigenvalue weighted by molar-refractivity contribution is 0.128. The third-order valence-electron chi connectivity index (χ3n) is 2.61. The van der Waals surface area contributed by atoms with Crippen LogP contribution in [0.15, 0.2) is 23.4 Å². The number of nitrogens with two attached hydrogens (primary N) is 1. The minimum absolute atomic E-state index is 0.0182. The Morgan fingerprint density at radius 1 is 1.40 bits per heavy atom. The maximum absolute atomic E-state index is 12.1. The molecule has 0 aliphatic heterocycles. The smallest absolute Gasteiger partial charge is 0.244 e. The first-order chi connectivity index (χ1) is 9.47. The summed E-state index contributed by atoms with van der Waals surface area (Å²) in [6, 6.07) is 1.49. The van der Waals surface area contributed by atoms with E-state index in [4.69, 9.17) is 10.6 Å². The predicted molar refractivity (Wildman–Crippen MR) is 77.5 cm³/mol. The molecule has 0 aliphatic rings. The fourth-order valence-electron chi connectivity index (χ4n) is 1.46. The normalized spacial score (nSPS) is 11.8. The molecule has 0 aliphatic carbocycles. The molecule has 1 aromatic heterocycles. The van der Waals surface area contributed by atoms with Crippen LogP contribution in [0.5, 0.6) is 0 Å². The highest BCUT2D eigenvalue weighted by Gasteiger charge is 2.17. The van der Waals surface area contributed by atoms with Crippen LogP contribution >= 0.6 is 0 Å². The predicted octanol–water partition coefficient (Wildman–Crippen LogP) is 0.708. The Balaban J connectivity index is 2.46. The van der Waals surface area contributed by atoms with E-state index in [0.29, 0.717) is 24.8 Å². The fraction of sp³-hybridized carbons (Fsp3) is 0.583. The lowest BCUT2D eigenvalue weighted by atomic mass is 10.1. The third-order valence-corrected chi connectivity index (χ3v) is 4.10. The van der Waals surface area contributed by atoms with Gasteiger partial charge in [0.05, 0.1) is 12.3 Å². The van der Waals surface area contributed by atoms with Crippen LogP contribution in [-0.4, -0.2) is 33.2 Å². The van der Waals surface area contributed by atoms with Gasteiger partial charge in [0.1, 0.15) is 4.90 Å². The minimum atomic E-state index is -3.64. The standard InChI is InChI=1S/C12H22N4O3S/c1-10(2)4-7-19-8-6-15-20(17,18)12-9-14-5-3-11(12)16-13/h3,5,9-10,15H,4,6-8,13H2,1-2H3,(H,14,16). The van der Waals surface area contributed by atoms with Crippen LogP contribution in [0.2, 0.25) is 0 Å². The molecule has 0 saturated heterocycles. The third kappa shape index (κ3) is 5.41. The molecule has 0 fully saturated rings. The number of ether oxygens (including phenoxy) is 1. The molecule has 0 unspecified atom stereocenters.